The molecule has 33 heavy (non-hydrogen) atoms. The highest BCUT2D eigenvalue weighted by Gasteiger charge is 2.22. The van der Waals surface area contributed by atoms with Gasteiger partial charge in [-0.2, -0.15) is 5.10 Å². The van der Waals surface area contributed by atoms with Crippen LogP contribution in [0.3, 0.4) is 0 Å². The minimum absolute atomic E-state index is 0.0559. The van der Waals surface area contributed by atoms with Crippen molar-refractivity contribution < 1.29 is 4.79 Å². The Kier molecular flexibility index (Phi) is 5.10. The maximum atomic E-state index is 13.0. The second-order valence-electron chi connectivity index (χ2n) is 9.61. The molecule has 2 N–H and O–H groups in total. The van der Waals surface area contributed by atoms with Gasteiger partial charge in [-0.25, -0.2) is 14.5 Å². The predicted octanol–water partition coefficient (Wildman–Crippen LogP) is 3.44. The van der Waals surface area contributed by atoms with Crippen molar-refractivity contribution in [1.29, 1.82) is 0 Å². The topological polar surface area (TPSA) is 91.2 Å². The van der Waals surface area contributed by atoms with Gasteiger partial charge in [0.05, 0.1) is 17.3 Å². The third-order valence-corrected chi connectivity index (χ3v) is 7.31. The predicted molar refractivity (Wildman–Crippen MR) is 127 cm³/mol. The highest BCUT2D eigenvalue weighted by Crippen LogP contribution is 2.31. The number of carbonyl (C=O) groups excluding carboxylic acids is 1. The van der Waals surface area contributed by atoms with Crippen LogP contribution in [0.25, 0.3) is 27.7 Å². The number of piperidine rings is 1. The highest BCUT2D eigenvalue weighted by atomic mass is 16.1. The van der Waals surface area contributed by atoms with Crippen molar-refractivity contribution in [3.63, 3.8) is 0 Å². The lowest BCUT2D eigenvalue weighted by Gasteiger charge is -2.29. The summed E-state index contributed by atoms with van der Waals surface area (Å²) in [7, 11) is 2.12. The van der Waals surface area contributed by atoms with Crippen LogP contribution < -0.4 is 5.32 Å². The van der Waals surface area contributed by atoms with Crippen molar-refractivity contribution in [3.8, 4) is 11.1 Å². The molecule has 1 amide bonds. The van der Waals surface area contributed by atoms with Gasteiger partial charge < -0.3 is 15.2 Å². The SMILES string of the molecule is CN1CCC(NC(=O)c2cnn3ccc(-c4c[nH]c5nc(CC6CCC6)ncc45)cc23)CC1. The summed E-state index contributed by atoms with van der Waals surface area (Å²) >= 11 is 0. The van der Waals surface area contributed by atoms with Gasteiger partial charge >= 0.3 is 0 Å². The quantitative estimate of drug-likeness (QED) is 0.493. The summed E-state index contributed by atoms with van der Waals surface area (Å²) in [6.45, 7) is 2.02. The van der Waals surface area contributed by atoms with Crippen molar-refractivity contribution in [1.82, 2.24) is 34.8 Å². The molecule has 4 aromatic heterocycles. The first kappa shape index (κ1) is 20.4. The number of H-pyrrole nitrogens is 1. The Morgan fingerprint density at radius 3 is 2.85 bits per heavy atom. The lowest BCUT2D eigenvalue weighted by Crippen LogP contribution is -2.43. The second-order valence-corrected chi connectivity index (χ2v) is 9.61. The van der Waals surface area contributed by atoms with Gasteiger partial charge in [-0.1, -0.05) is 19.3 Å². The molecule has 2 fully saturated rings. The molecule has 8 nitrogen and oxygen atoms in total. The van der Waals surface area contributed by atoms with Gasteiger partial charge in [-0.05, 0) is 56.6 Å². The number of hydrogen-bond donors (Lipinski definition) is 2. The Bertz CT molecular complexity index is 1310. The Morgan fingerprint density at radius 2 is 2.06 bits per heavy atom. The smallest absolute Gasteiger partial charge is 0.255 e. The molecule has 4 aromatic rings. The van der Waals surface area contributed by atoms with Crippen LogP contribution in [0.15, 0.2) is 36.9 Å². The van der Waals surface area contributed by atoms with E-state index in [1.807, 2.05) is 30.7 Å². The molecule has 0 spiro atoms. The largest absolute Gasteiger partial charge is 0.349 e. The first-order chi connectivity index (χ1) is 16.1. The molecule has 1 aliphatic carbocycles. The number of carbonyl (C=O) groups is 1. The first-order valence-electron chi connectivity index (χ1n) is 11.9. The fourth-order valence-electron chi connectivity index (χ4n) is 4.98. The number of aromatic amines is 1. The van der Waals surface area contributed by atoms with Gasteiger partial charge in [0, 0.05) is 42.0 Å². The lowest BCUT2D eigenvalue weighted by molar-refractivity contribution is 0.0918. The normalized spacial score (nSPS) is 18.1. The minimum atomic E-state index is -0.0559. The molecule has 0 atom stereocenters. The van der Waals surface area contributed by atoms with E-state index in [0.29, 0.717) is 5.56 Å². The zero-order valence-corrected chi connectivity index (χ0v) is 18.9. The van der Waals surface area contributed by atoms with E-state index >= 15 is 0 Å². The van der Waals surface area contributed by atoms with Gasteiger partial charge in [-0.3, -0.25) is 4.79 Å². The van der Waals surface area contributed by atoms with Crippen molar-refractivity contribution in [2.45, 2.75) is 44.6 Å². The molecule has 0 radical (unpaired) electrons. The number of nitrogens with zero attached hydrogens (tertiary/aromatic N) is 5. The zero-order chi connectivity index (χ0) is 22.4. The van der Waals surface area contributed by atoms with E-state index in [-0.39, 0.29) is 11.9 Å². The van der Waals surface area contributed by atoms with Crippen LogP contribution in [0.5, 0.6) is 0 Å². The van der Waals surface area contributed by atoms with Crippen molar-refractivity contribution in [3.05, 3.63) is 48.3 Å². The maximum absolute atomic E-state index is 13.0. The summed E-state index contributed by atoms with van der Waals surface area (Å²) in [4.78, 5) is 28.0. The summed E-state index contributed by atoms with van der Waals surface area (Å²) in [6, 6.07) is 4.26. The Morgan fingerprint density at radius 1 is 1.21 bits per heavy atom. The van der Waals surface area contributed by atoms with Crippen molar-refractivity contribution >= 4 is 22.5 Å². The number of fused-ring (bicyclic) bond motifs is 2. The van der Waals surface area contributed by atoms with E-state index < -0.39 is 0 Å². The summed E-state index contributed by atoms with van der Waals surface area (Å²) in [5.74, 6) is 1.60. The molecule has 1 aliphatic heterocycles. The number of likely N-dealkylation sites (tertiary alicyclic amines) is 1. The van der Waals surface area contributed by atoms with E-state index in [0.717, 1.165) is 71.8 Å². The second kappa shape index (κ2) is 8.26. The molecule has 8 heteroatoms. The minimum Gasteiger partial charge on any atom is -0.349 e. The van der Waals surface area contributed by atoms with Crippen LogP contribution >= 0.6 is 0 Å². The van der Waals surface area contributed by atoms with E-state index in [4.69, 9.17) is 4.98 Å². The number of amides is 1. The van der Waals surface area contributed by atoms with Crippen LogP contribution in [0.2, 0.25) is 0 Å². The number of rotatable bonds is 5. The van der Waals surface area contributed by atoms with E-state index in [2.05, 4.69) is 32.3 Å². The fourth-order valence-corrected chi connectivity index (χ4v) is 4.98. The monoisotopic (exact) mass is 443 g/mol. The summed E-state index contributed by atoms with van der Waals surface area (Å²) in [6.07, 6.45) is 14.3. The first-order valence-corrected chi connectivity index (χ1v) is 11.9. The zero-order valence-electron chi connectivity index (χ0n) is 18.9. The number of aromatic nitrogens is 5. The lowest BCUT2D eigenvalue weighted by atomic mass is 9.83. The standard InChI is InChI=1S/C25H29N7O/c1-31-8-6-18(7-9-31)29-25(33)21-15-28-32-10-5-17(12-22(21)32)19-13-27-24-20(19)14-26-23(30-24)11-16-3-2-4-16/h5,10,12-16,18H,2-4,6-9,11H2,1H3,(H,29,33)(H,26,27,30). The highest BCUT2D eigenvalue weighted by molar-refractivity contribution is 6.02. The van der Waals surface area contributed by atoms with Gasteiger partial charge in [-0.15, -0.1) is 0 Å². The molecule has 0 unspecified atom stereocenters. The third kappa shape index (κ3) is 3.88. The molecule has 1 saturated heterocycles. The fraction of sp³-hybridized carbons (Fsp3) is 0.440. The third-order valence-electron chi connectivity index (χ3n) is 7.31. The van der Waals surface area contributed by atoms with Crippen LogP contribution in [-0.2, 0) is 6.42 Å². The molecule has 5 heterocycles. The molecular formula is C25H29N7O. The Hall–Kier alpha value is -3.26. The summed E-state index contributed by atoms with van der Waals surface area (Å²) < 4.78 is 1.76. The van der Waals surface area contributed by atoms with Crippen molar-refractivity contribution in [2.24, 2.45) is 5.92 Å². The molecule has 2 aliphatic rings. The van der Waals surface area contributed by atoms with Crippen LogP contribution in [-0.4, -0.2) is 61.6 Å². The van der Waals surface area contributed by atoms with Gasteiger partial charge in [0.15, 0.2) is 0 Å². The number of nitrogens with one attached hydrogen (secondary N) is 2. The van der Waals surface area contributed by atoms with Crippen molar-refractivity contribution in [2.75, 3.05) is 20.1 Å². The van der Waals surface area contributed by atoms with E-state index in [1.54, 1.807) is 10.7 Å². The maximum Gasteiger partial charge on any atom is 0.255 e. The Balaban J connectivity index is 1.27. The van der Waals surface area contributed by atoms with Crippen LogP contribution in [0.1, 0.15) is 48.3 Å². The number of hydrogen-bond acceptors (Lipinski definition) is 5. The number of pyridine rings is 1. The summed E-state index contributed by atoms with van der Waals surface area (Å²) in [5.41, 5.74) is 4.32. The van der Waals surface area contributed by atoms with E-state index in [1.165, 1.54) is 19.3 Å². The molecular weight excluding hydrogens is 414 g/mol. The Labute approximate surface area is 192 Å². The summed E-state index contributed by atoms with van der Waals surface area (Å²) in [5, 5.41) is 8.60. The van der Waals surface area contributed by atoms with Crippen LogP contribution in [0.4, 0.5) is 0 Å². The van der Waals surface area contributed by atoms with Crippen LogP contribution in [0, 0.1) is 5.92 Å². The molecule has 0 aromatic carbocycles. The molecule has 6 rings (SSSR count). The van der Waals surface area contributed by atoms with Gasteiger partial charge in [0.2, 0.25) is 0 Å². The van der Waals surface area contributed by atoms with Gasteiger partial charge in [0.25, 0.3) is 5.91 Å². The average Bonchev–Trinajstić information content (AvgIpc) is 3.41. The average molecular weight is 444 g/mol. The van der Waals surface area contributed by atoms with E-state index in [9.17, 15) is 4.79 Å². The molecule has 0 bridgehead atoms. The molecule has 1 saturated carbocycles. The van der Waals surface area contributed by atoms with Gasteiger partial charge in [0.1, 0.15) is 11.5 Å². The molecule has 170 valence electrons.